The lowest BCUT2D eigenvalue weighted by Crippen LogP contribution is -2.38. The second-order valence-electron chi connectivity index (χ2n) is 4.07. The molecular formula is C11H18N2S. The fourth-order valence-corrected chi connectivity index (χ4v) is 2.83. The summed E-state index contributed by atoms with van der Waals surface area (Å²) in [6.45, 7) is 4.69. The first-order valence-corrected chi connectivity index (χ1v) is 6.25. The number of likely N-dealkylation sites (tertiary alicyclic amines) is 1. The van der Waals surface area contributed by atoms with Crippen LogP contribution in [0.1, 0.15) is 31.4 Å². The maximum Gasteiger partial charge on any atom is 0.0458 e. The molecule has 2 atom stereocenters. The molecule has 0 aromatic carbocycles. The Hall–Kier alpha value is -0.380. The molecule has 0 amide bonds. The molecule has 1 aromatic heterocycles. The average molecular weight is 210 g/mol. The quantitative estimate of drug-likeness (QED) is 0.829. The normalized spacial score (nSPS) is 22.4. The van der Waals surface area contributed by atoms with Gasteiger partial charge >= 0.3 is 0 Å². The van der Waals surface area contributed by atoms with Gasteiger partial charge in [0.2, 0.25) is 0 Å². The molecule has 0 bridgehead atoms. The largest absolute Gasteiger partial charge is 0.323 e. The van der Waals surface area contributed by atoms with Gasteiger partial charge in [-0.05, 0) is 55.2 Å². The minimum Gasteiger partial charge on any atom is -0.323 e. The summed E-state index contributed by atoms with van der Waals surface area (Å²) in [5, 5.41) is 4.27. The second kappa shape index (κ2) is 4.43. The maximum absolute atomic E-state index is 6.23. The molecule has 0 aliphatic carbocycles. The Labute approximate surface area is 89.7 Å². The molecule has 2 N–H and O–H groups in total. The van der Waals surface area contributed by atoms with Gasteiger partial charge in [-0.1, -0.05) is 0 Å². The zero-order valence-electron chi connectivity index (χ0n) is 8.65. The highest BCUT2D eigenvalue weighted by atomic mass is 32.1. The third-order valence-electron chi connectivity index (χ3n) is 3.16. The van der Waals surface area contributed by atoms with Crippen LogP contribution in [0, 0.1) is 0 Å². The zero-order chi connectivity index (χ0) is 9.97. The summed E-state index contributed by atoms with van der Waals surface area (Å²) in [6, 6.07) is 2.80. The van der Waals surface area contributed by atoms with E-state index in [1.165, 1.54) is 31.5 Å². The van der Waals surface area contributed by atoms with Crippen molar-refractivity contribution in [3.05, 3.63) is 22.4 Å². The van der Waals surface area contributed by atoms with Crippen molar-refractivity contribution >= 4 is 11.3 Å². The van der Waals surface area contributed by atoms with Crippen molar-refractivity contribution in [2.24, 2.45) is 5.73 Å². The van der Waals surface area contributed by atoms with Gasteiger partial charge in [0.1, 0.15) is 0 Å². The first-order valence-electron chi connectivity index (χ1n) is 5.31. The number of hydrogen-bond acceptors (Lipinski definition) is 3. The summed E-state index contributed by atoms with van der Waals surface area (Å²) < 4.78 is 0. The summed E-state index contributed by atoms with van der Waals surface area (Å²) in [7, 11) is 0. The number of nitrogens with two attached hydrogens (primary N) is 1. The van der Waals surface area contributed by atoms with E-state index in [1.54, 1.807) is 11.3 Å². The van der Waals surface area contributed by atoms with Crippen molar-refractivity contribution in [3.63, 3.8) is 0 Å². The average Bonchev–Trinajstić information content (AvgIpc) is 2.87. The van der Waals surface area contributed by atoms with E-state index in [9.17, 15) is 0 Å². The third kappa shape index (κ3) is 2.00. The predicted octanol–water partition coefficient (Wildman–Crippen LogP) is 2.23. The summed E-state index contributed by atoms with van der Waals surface area (Å²) in [4.78, 5) is 2.50. The molecule has 2 heterocycles. The van der Waals surface area contributed by atoms with Crippen LogP contribution in [0.3, 0.4) is 0 Å². The number of thiophene rings is 1. The van der Waals surface area contributed by atoms with Gasteiger partial charge in [0.15, 0.2) is 0 Å². The molecule has 2 rings (SSSR count). The van der Waals surface area contributed by atoms with Crippen molar-refractivity contribution in [1.29, 1.82) is 0 Å². The Bertz CT molecular complexity index is 265. The minimum atomic E-state index is 0.180. The molecule has 1 aliphatic heterocycles. The van der Waals surface area contributed by atoms with E-state index in [0.29, 0.717) is 6.04 Å². The Morgan fingerprint density at radius 3 is 2.71 bits per heavy atom. The van der Waals surface area contributed by atoms with Gasteiger partial charge in [0, 0.05) is 12.1 Å². The summed E-state index contributed by atoms with van der Waals surface area (Å²) >= 11 is 1.73. The fraction of sp³-hybridized carbons (Fsp3) is 0.636. The molecule has 0 spiro atoms. The van der Waals surface area contributed by atoms with Gasteiger partial charge in [0.05, 0.1) is 0 Å². The van der Waals surface area contributed by atoms with Gasteiger partial charge in [0.25, 0.3) is 0 Å². The first kappa shape index (κ1) is 10.1. The van der Waals surface area contributed by atoms with Crippen molar-refractivity contribution in [3.8, 4) is 0 Å². The van der Waals surface area contributed by atoms with E-state index < -0.39 is 0 Å². The van der Waals surface area contributed by atoms with E-state index in [1.807, 2.05) is 0 Å². The lowest BCUT2D eigenvalue weighted by Gasteiger charge is -2.28. The van der Waals surface area contributed by atoms with E-state index in [0.717, 1.165) is 0 Å². The first-order chi connectivity index (χ1) is 6.79. The van der Waals surface area contributed by atoms with E-state index >= 15 is 0 Å². The van der Waals surface area contributed by atoms with Gasteiger partial charge in [-0.25, -0.2) is 0 Å². The molecular weight excluding hydrogens is 192 g/mol. The zero-order valence-corrected chi connectivity index (χ0v) is 9.46. The molecule has 0 saturated carbocycles. The smallest absolute Gasteiger partial charge is 0.0458 e. The van der Waals surface area contributed by atoms with Crippen LogP contribution in [-0.4, -0.2) is 24.0 Å². The highest BCUT2D eigenvalue weighted by molar-refractivity contribution is 7.07. The Balaban J connectivity index is 2.00. The Morgan fingerprint density at radius 1 is 1.43 bits per heavy atom. The van der Waals surface area contributed by atoms with Gasteiger partial charge < -0.3 is 5.73 Å². The van der Waals surface area contributed by atoms with Gasteiger partial charge in [-0.2, -0.15) is 11.3 Å². The number of nitrogens with zero attached hydrogens (tertiary/aromatic N) is 1. The fourth-order valence-electron chi connectivity index (χ4n) is 2.12. The van der Waals surface area contributed by atoms with Gasteiger partial charge in [-0.3, -0.25) is 4.90 Å². The summed E-state index contributed by atoms with van der Waals surface area (Å²) in [5.41, 5.74) is 7.51. The van der Waals surface area contributed by atoms with Crippen LogP contribution in [0.25, 0.3) is 0 Å². The van der Waals surface area contributed by atoms with E-state index in [4.69, 9.17) is 5.73 Å². The molecule has 2 unspecified atom stereocenters. The van der Waals surface area contributed by atoms with Crippen molar-refractivity contribution < 1.29 is 0 Å². The van der Waals surface area contributed by atoms with Crippen LogP contribution in [0.4, 0.5) is 0 Å². The lowest BCUT2D eigenvalue weighted by atomic mass is 10.0. The standard InChI is InChI=1S/C11H18N2S/c1-9(13-5-2-3-6-13)11(12)10-4-7-14-8-10/h4,7-9,11H,2-3,5-6,12H2,1H3. The molecule has 1 saturated heterocycles. The third-order valence-corrected chi connectivity index (χ3v) is 3.87. The molecule has 14 heavy (non-hydrogen) atoms. The van der Waals surface area contributed by atoms with Crippen molar-refractivity contribution in [2.45, 2.75) is 31.8 Å². The Kier molecular flexibility index (Phi) is 3.21. The molecule has 2 nitrogen and oxygen atoms in total. The van der Waals surface area contributed by atoms with Crippen LogP contribution >= 0.6 is 11.3 Å². The molecule has 0 radical (unpaired) electrons. The summed E-state index contributed by atoms with van der Waals surface area (Å²) in [6.07, 6.45) is 2.67. The van der Waals surface area contributed by atoms with Crippen LogP contribution in [0.2, 0.25) is 0 Å². The number of hydrogen-bond donors (Lipinski definition) is 1. The number of rotatable bonds is 3. The predicted molar refractivity (Wildman–Crippen MR) is 61.5 cm³/mol. The van der Waals surface area contributed by atoms with Crippen molar-refractivity contribution in [2.75, 3.05) is 13.1 Å². The molecule has 1 aliphatic rings. The molecule has 3 heteroatoms. The highest BCUT2D eigenvalue weighted by Crippen LogP contribution is 2.23. The monoisotopic (exact) mass is 210 g/mol. The van der Waals surface area contributed by atoms with Crippen LogP contribution < -0.4 is 5.73 Å². The topological polar surface area (TPSA) is 29.3 Å². The lowest BCUT2D eigenvalue weighted by molar-refractivity contribution is 0.227. The molecule has 78 valence electrons. The maximum atomic E-state index is 6.23. The second-order valence-corrected chi connectivity index (χ2v) is 4.85. The minimum absolute atomic E-state index is 0.180. The Morgan fingerprint density at radius 2 is 2.14 bits per heavy atom. The van der Waals surface area contributed by atoms with E-state index in [2.05, 4.69) is 28.7 Å². The van der Waals surface area contributed by atoms with Gasteiger partial charge in [-0.15, -0.1) is 0 Å². The van der Waals surface area contributed by atoms with E-state index in [-0.39, 0.29) is 6.04 Å². The molecule has 1 fully saturated rings. The summed E-state index contributed by atoms with van der Waals surface area (Å²) in [5.74, 6) is 0. The van der Waals surface area contributed by atoms with Crippen LogP contribution in [-0.2, 0) is 0 Å². The van der Waals surface area contributed by atoms with Crippen molar-refractivity contribution in [1.82, 2.24) is 4.90 Å². The highest BCUT2D eigenvalue weighted by Gasteiger charge is 2.24. The SMILES string of the molecule is CC(C(N)c1ccsc1)N1CCCC1. The molecule has 1 aromatic rings. The van der Waals surface area contributed by atoms with Crippen LogP contribution in [0.15, 0.2) is 16.8 Å². The van der Waals surface area contributed by atoms with Crippen LogP contribution in [0.5, 0.6) is 0 Å².